The van der Waals surface area contributed by atoms with Crippen LogP contribution in [-0.2, 0) is 12.8 Å². The second-order valence-corrected chi connectivity index (χ2v) is 6.22. The van der Waals surface area contributed by atoms with E-state index in [1.54, 1.807) is 0 Å². The largest absolute Gasteiger partial charge is 0.339 e. The fourth-order valence-corrected chi connectivity index (χ4v) is 2.13. The Balaban J connectivity index is 2.00. The standard InChI is InChI=1S/C14H18BrN3O/c1-14(2,16)8-7-13-17-12(18-19-13)9-10-5-3-4-6-11(10)15/h3-6H,7-9,16H2,1-2H3. The lowest BCUT2D eigenvalue weighted by molar-refractivity contribution is 0.355. The van der Waals surface area contributed by atoms with Gasteiger partial charge in [-0.15, -0.1) is 0 Å². The summed E-state index contributed by atoms with van der Waals surface area (Å²) in [6.45, 7) is 3.98. The number of aryl methyl sites for hydroxylation is 1. The van der Waals surface area contributed by atoms with Crippen LogP contribution in [0.25, 0.3) is 0 Å². The lowest BCUT2D eigenvalue weighted by Crippen LogP contribution is -2.32. The van der Waals surface area contributed by atoms with Crippen molar-refractivity contribution in [2.75, 3.05) is 0 Å². The predicted octanol–water partition coefficient (Wildman–Crippen LogP) is 3.09. The molecule has 1 heterocycles. The lowest BCUT2D eigenvalue weighted by Gasteiger charge is -2.16. The highest BCUT2D eigenvalue weighted by Gasteiger charge is 2.14. The third-order valence-electron chi connectivity index (χ3n) is 2.80. The first-order chi connectivity index (χ1) is 8.94. The van der Waals surface area contributed by atoms with Crippen molar-refractivity contribution in [3.8, 4) is 0 Å². The fourth-order valence-electron chi connectivity index (χ4n) is 1.70. The van der Waals surface area contributed by atoms with E-state index >= 15 is 0 Å². The molecule has 0 radical (unpaired) electrons. The molecule has 0 bridgehead atoms. The molecule has 0 aliphatic rings. The molecule has 2 N–H and O–H groups in total. The van der Waals surface area contributed by atoms with Crippen LogP contribution >= 0.6 is 15.9 Å². The molecule has 2 aromatic rings. The molecular formula is C14H18BrN3O. The highest BCUT2D eigenvalue weighted by Crippen LogP contribution is 2.18. The van der Waals surface area contributed by atoms with Gasteiger partial charge in [0.1, 0.15) is 0 Å². The van der Waals surface area contributed by atoms with Gasteiger partial charge in [-0.3, -0.25) is 0 Å². The molecule has 0 unspecified atom stereocenters. The van der Waals surface area contributed by atoms with Crippen molar-refractivity contribution in [3.63, 3.8) is 0 Å². The molecule has 0 amide bonds. The van der Waals surface area contributed by atoms with E-state index in [1.807, 2.05) is 38.1 Å². The zero-order chi connectivity index (χ0) is 13.9. The van der Waals surface area contributed by atoms with Crippen LogP contribution < -0.4 is 5.73 Å². The van der Waals surface area contributed by atoms with Crippen molar-refractivity contribution in [2.24, 2.45) is 5.73 Å². The van der Waals surface area contributed by atoms with Crippen LogP contribution in [0.3, 0.4) is 0 Å². The van der Waals surface area contributed by atoms with Crippen molar-refractivity contribution in [3.05, 3.63) is 46.0 Å². The van der Waals surface area contributed by atoms with E-state index in [0.29, 0.717) is 24.6 Å². The molecule has 5 heteroatoms. The van der Waals surface area contributed by atoms with Crippen molar-refractivity contribution < 1.29 is 4.52 Å². The number of rotatable bonds is 5. The lowest BCUT2D eigenvalue weighted by atomic mass is 10.0. The molecule has 1 aromatic carbocycles. The van der Waals surface area contributed by atoms with Crippen molar-refractivity contribution in [1.82, 2.24) is 10.1 Å². The van der Waals surface area contributed by atoms with E-state index in [2.05, 4.69) is 26.1 Å². The number of benzene rings is 1. The normalized spacial score (nSPS) is 11.8. The molecule has 2 rings (SSSR count). The van der Waals surface area contributed by atoms with Crippen LogP contribution in [0.5, 0.6) is 0 Å². The Bertz CT molecular complexity index is 546. The quantitative estimate of drug-likeness (QED) is 0.918. The van der Waals surface area contributed by atoms with Gasteiger partial charge in [-0.05, 0) is 31.9 Å². The molecule has 0 atom stereocenters. The first-order valence-corrected chi connectivity index (χ1v) is 7.07. The highest BCUT2D eigenvalue weighted by molar-refractivity contribution is 9.10. The van der Waals surface area contributed by atoms with Crippen LogP contribution in [-0.4, -0.2) is 15.7 Å². The van der Waals surface area contributed by atoms with Crippen LogP contribution in [0.15, 0.2) is 33.3 Å². The summed E-state index contributed by atoms with van der Waals surface area (Å²) in [5.74, 6) is 1.36. The van der Waals surface area contributed by atoms with Gasteiger partial charge >= 0.3 is 0 Å². The predicted molar refractivity (Wildman–Crippen MR) is 77.8 cm³/mol. The van der Waals surface area contributed by atoms with E-state index in [1.165, 1.54) is 0 Å². The SMILES string of the molecule is CC(C)(N)CCc1nc(Cc2ccccc2Br)no1. The number of nitrogens with two attached hydrogens (primary N) is 1. The third kappa shape index (κ3) is 4.44. The highest BCUT2D eigenvalue weighted by atomic mass is 79.9. The second-order valence-electron chi connectivity index (χ2n) is 5.36. The van der Waals surface area contributed by atoms with Gasteiger partial charge in [-0.25, -0.2) is 0 Å². The van der Waals surface area contributed by atoms with E-state index in [-0.39, 0.29) is 5.54 Å². The minimum atomic E-state index is -0.211. The fraction of sp³-hybridized carbons (Fsp3) is 0.429. The van der Waals surface area contributed by atoms with E-state index in [9.17, 15) is 0 Å². The molecule has 19 heavy (non-hydrogen) atoms. The van der Waals surface area contributed by atoms with Crippen molar-refractivity contribution in [1.29, 1.82) is 0 Å². The summed E-state index contributed by atoms with van der Waals surface area (Å²) in [5, 5.41) is 4.01. The van der Waals surface area contributed by atoms with Gasteiger partial charge in [0.05, 0.1) is 0 Å². The van der Waals surface area contributed by atoms with E-state index in [4.69, 9.17) is 10.3 Å². The first kappa shape index (κ1) is 14.2. The maximum Gasteiger partial charge on any atom is 0.226 e. The van der Waals surface area contributed by atoms with Gasteiger partial charge in [0.2, 0.25) is 5.89 Å². The monoisotopic (exact) mass is 323 g/mol. The minimum Gasteiger partial charge on any atom is -0.339 e. The van der Waals surface area contributed by atoms with Crippen LogP contribution in [0.4, 0.5) is 0 Å². The van der Waals surface area contributed by atoms with Crippen LogP contribution in [0.1, 0.15) is 37.5 Å². The Morgan fingerprint density at radius 1 is 1.32 bits per heavy atom. The number of nitrogens with zero attached hydrogens (tertiary/aromatic N) is 2. The maximum absolute atomic E-state index is 5.94. The molecule has 0 saturated heterocycles. The molecule has 102 valence electrons. The molecule has 0 fully saturated rings. The average molecular weight is 324 g/mol. The van der Waals surface area contributed by atoms with Crippen LogP contribution in [0, 0.1) is 0 Å². The molecule has 0 spiro atoms. The maximum atomic E-state index is 5.94. The number of aromatic nitrogens is 2. The summed E-state index contributed by atoms with van der Waals surface area (Å²) in [7, 11) is 0. The third-order valence-corrected chi connectivity index (χ3v) is 3.57. The zero-order valence-corrected chi connectivity index (χ0v) is 12.8. The second kappa shape index (κ2) is 5.84. The average Bonchev–Trinajstić information content (AvgIpc) is 2.77. The number of hydrogen-bond donors (Lipinski definition) is 1. The van der Waals surface area contributed by atoms with Gasteiger partial charge in [0.15, 0.2) is 5.82 Å². The van der Waals surface area contributed by atoms with Crippen molar-refractivity contribution >= 4 is 15.9 Å². The molecule has 4 nitrogen and oxygen atoms in total. The summed E-state index contributed by atoms with van der Waals surface area (Å²) >= 11 is 3.51. The molecule has 0 saturated carbocycles. The summed E-state index contributed by atoms with van der Waals surface area (Å²) in [5.41, 5.74) is 6.87. The van der Waals surface area contributed by atoms with Gasteiger partial charge < -0.3 is 10.3 Å². The zero-order valence-electron chi connectivity index (χ0n) is 11.2. The number of halogens is 1. The molecular weight excluding hydrogens is 306 g/mol. The Kier molecular flexibility index (Phi) is 4.37. The molecule has 0 aliphatic heterocycles. The van der Waals surface area contributed by atoms with Gasteiger partial charge in [-0.2, -0.15) is 4.98 Å². The van der Waals surface area contributed by atoms with Gasteiger partial charge in [0, 0.05) is 22.9 Å². The first-order valence-electron chi connectivity index (χ1n) is 6.28. The Morgan fingerprint density at radius 3 is 2.74 bits per heavy atom. The van der Waals surface area contributed by atoms with E-state index in [0.717, 1.165) is 16.5 Å². The minimum absolute atomic E-state index is 0.211. The topological polar surface area (TPSA) is 64.9 Å². The number of hydrogen-bond acceptors (Lipinski definition) is 4. The summed E-state index contributed by atoms with van der Waals surface area (Å²) in [4.78, 5) is 4.40. The summed E-state index contributed by atoms with van der Waals surface area (Å²) < 4.78 is 6.30. The van der Waals surface area contributed by atoms with Crippen LogP contribution in [0.2, 0.25) is 0 Å². The summed E-state index contributed by atoms with van der Waals surface area (Å²) in [6, 6.07) is 8.03. The summed E-state index contributed by atoms with van der Waals surface area (Å²) in [6.07, 6.45) is 2.20. The Labute approximate surface area is 121 Å². The Hall–Kier alpha value is -1.20. The smallest absolute Gasteiger partial charge is 0.226 e. The van der Waals surface area contributed by atoms with Crippen molar-refractivity contribution in [2.45, 2.75) is 38.6 Å². The molecule has 0 aliphatic carbocycles. The Morgan fingerprint density at radius 2 is 2.05 bits per heavy atom. The molecule has 1 aromatic heterocycles. The van der Waals surface area contributed by atoms with Gasteiger partial charge in [-0.1, -0.05) is 39.3 Å². The van der Waals surface area contributed by atoms with Gasteiger partial charge in [0.25, 0.3) is 0 Å². The van der Waals surface area contributed by atoms with E-state index < -0.39 is 0 Å².